The van der Waals surface area contributed by atoms with E-state index in [1.807, 2.05) is 45.0 Å². The Bertz CT molecular complexity index is 717. The van der Waals surface area contributed by atoms with Crippen molar-refractivity contribution in [1.82, 2.24) is 10.3 Å². The first-order chi connectivity index (χ1) is 11.3. The van der Waals surface area contributed by atoms with Crippen molar-refractivity contribution in [3.63, 3.8) is 0 Å². The van der Waals surface area contributed by atoms with Gasteiger partial charge in [-0.2, -0.15) is 0 Å². The number of alkyl carbamates (subject to hydrolysis) is 1. The number of nitrogens with one attached hydrogen (secondary N) is 1. The number of aromatic nitrogens is 1. The molecule has 7 heteroatoms. The summed E-state index contributed by atoms with van der Waals surface area (Å²) in [6, 6.07) is 7.58. The zero-order chi connectivity index (χ0) is 17.7. The molecule has 0 radical (unpaired) electrons. The van der Waals surface area contributed by atoms with Crippen LogP contribution in [0.3, 0.4) is 0 Å². The Labute approximate surface area is 144 Å². The molecule has 1 heterocycles. The smallest absolute Gasteiger partial charge is 0.407 e. The summed E-state index contributed by atoms with van der Waals surface area (Å²) >= 11 is 1.38. The van der Waals surface area contributed by atoms with Crippen LogP contribution in [-0.2, 0) is 16.0 Å². The molecule has 6 nitrogen and oxygen atoms in total. The molecule has 0 saturated carbocycles. The lowest BCUT2D eigenvalue weighted by Gasteiger charge is -2.19. The molecular formula is C17H20N2O4S. The van der Waals surface area contributed by atoms with Gasteiger partial charge in [-0.3, -0.25) is 0 Å². The molecule has 0 saturated heterocycles. The van der Waals surface area contributed by atoms with Gasteiger partial charge in [-0.05, 0) is 26.3 Å². The van der Waals surface area contributed by atoms with Crippen molar-refractivity contribution < 1.29 is 19.1 Å². The molecule has 1 aromatic heterocycles. The third kappa shape index (κ3) is 5.06. The van der Waals surface area contributed by atoms with E-state index in [1.54, 1.807) is 5.38 Å². The molecule has 0 aliphatic heterocycles. The van der Waals surface area contributed by atoms with Crippen LogP contribution >= 0.6 is 11.3 Å². The SMILES string of the molecule is COC(=O)c1csc(-c2ccc(CNC(=O)OC(C)(C)C)cc2)n1. The zero-order valence-electron chi connectivity index (χ0n) is 14.1. The van der Waals surface area contributed by atoms with E-state index in [0.29, 0.717) is 12.2 Å². The number of amides is 1. The summed E-state index contributed by atoms with van der Waals surface area (Å²) in [5, 5.41) is 5.11. The quantitative estimate of drug-likeness (QED) is 0.854. The summed E-state index contributed by atoms with van der Waals surface area (Å²) in [5.41, 5.74) is 1.62. The van der Waals surface area contributed by atoms with Gasteiger partial charge in [-0.1, -0.05) is 24.3 Å². The van der Waals surface area contributed by atoms with E-state index in [-0.39, 0.29) is 0 Å². The van der Waals surface area contributed by atoms with Crippen molar-refractivity contribution in [2.45, 2.75) is 32.9 Å². The topological polar surface area (TPSA) is 77.5 Å². The third-order valence-corrected chi connectivity index (χ3v) is 3.83. The lowest BCUT2D eigenvalue weighted by molar-refractivity contribution is 0.0522. The first-order valence-electron chi connectivity index (χ1n) is 7.38. The predicted molar refractivity (Wildman–Crippen MR) is 92.0 cm³/mol. The first kappa shape index (κ1) is 17.9. The number of esters is 1. The minimum Gasteiger partial charge on any atom is -0.464 e. The van der Waals surface area contributed by atoms with Gasteiger partial charge in [0.15, 0.2) is 5.69 Å². The molecule has 2 rings (SSSR count). The van der Waals surface area contributed by atoms with Crippen LogP contribution in [0.2, 0.25) is 0 Å². The molecule has 0 aliphatic carbocycles. The van der Waals surface area contributed by atoms with E-state index >= 15 is 0 Å². The maximum absolute atomic E-state index is 11.6. The Balaban J connectivity index is 1.97. The molecule has 0 aliphatic rings. The maximum atomic E-state index is 11.6. The number of ether oxygens (including phenoxy) is 2. The number of thiazole rings is 1. The largest absolute Gasteiger partial charge is 0.464 e. The van der Waals surface area contributed by atoms with Gasteiger partial charge in [0.05, 0.1) is 7.11 Å². The summed E-state index contributed by atoms with van der Waals surface area (Å²) in [6.45, 7) is 5.83. The Kier molecular flexibility index (Phi) is 5.56. The molecule has 0 bridgehead atoms. The standard InChI is InChI=1S/C17H20N2O4S/c1-17(2,3)23-16(21)18-9-11-5-7-12(8-6-11)14-19-13(10-24-14)15(20)22-4/h5-8,10H,9H2,1-4H3,(H,18,21). The zero-order valence-corrected chi connectivity index (χ0v) is 14.9. The van der Waals surface area contributed by atoms with Crippen LogP contribution in [-0.4, -0.2) is 29.8 Å². The fourth-order valence-corrected chi connectivity index (χ4v) is 2.65. The molecule has 1 amide bonds. The number of rotatable bonds is 4. The molecule has 0 fully saturated rings. The molecule has 1 aromatic carbocycles. The summed E-state index contributed by atoms with van der Waals surface area (Å²) < 4.78 is 9.83. The number of carbonyl (C=O) groups is 2. The summed E-state index contributed by atoms with van der Waals surface area (Å²) in [7, 11) is 1.33. The third-order valence-electron chi connectivity index (χ3n) is 2.94. The number of carbonyl (C=O) groups excluding carboxylic acids is 2. The van der Waals surface area contributed by atoms with E-state index in [4.69, 9.17) is 4.74 Å². The van der Waals surface area contributed by atoms with E-state index in [1.165, 1.54) is 18.4 Å². The number of hydrogen-bond donors (Lipinski definition) is 1. The Morgan fingerprint density at radius 1 is 1.21 bits per heavy atom. The highest BCUT2D eigenvalue weighted by Crippen LogP contribution is 2.24. The van der Waals surface area contributed by atoms with Gasteiger partial charge in [0.2, 0.25) is 0 Å². The second-order valence-corrected chi connectivity index (χ2v) is 6.94. The summed E-state index contributed by atoms with van der Waals surface area (Å²) in [6.07, 6.45) is -0.450. The Morgan fingerprint density at radius 3 is 2.46 bits per heavy atom. The van der Waals surface area contributed by atoms with Crippen LogP contribution in [0.5, 0.6) is 0 Å². The molecule has 1 N–H and O–H groups in total. The van der Waals surface area contributed by atoms with Crippen LogP contribution in [0.15, 0.2) is 29.6 Å². The Morgan fingerprint density at radius 2 is 1.88 bits per heavy atom. The number of nitrogens with zero attached hydrogens (tertiary/aromatic N) is 1. The summed E-state index contributed by atoms with van der Waals surface area (Å²) in [5.74, 6) is -0.448. The van der Waals surface area contributed by atoms with Crippen molar-refractivity contribution in [2.75, 3.05) is 7.11 Å². The highest BCUT2D eigenvalue weighted by atomic mass is 32.1. The fraction of sp³-hybridized carbons (Fsp3) is 0.353. The van der Waals surface area contributed by atoms with Gasteiger partial charge in [0, 0.05) is 17.5 Å². The van der Waals surface area contributed by atoms with Crippen LogP contribution in [0.4, 0.5) is 4.79 Å². The molecule has 128 valence electrons. The van der Waals surface area contributed by atoms with Crippen molar-refractivity contribution in [2.24, 2.45) is 0 Å². The average molecular weight is 348 g/mol. The second-order valence-electron chi connectivity index (χ2n) is 6.08. The molecular weight excluding hydrogens is 328 g/mol. The molecule has 0 spiro atoms. The van der Waals surface area contributed by atoms with Crippen molar-refractivity contribution in [3.8, 4) is 10.6 Å². The van der Waals surface area contributed by atoms with Crippen LogP contribution < -0.4 is 5.32 Å². The van der Waals surface area contributed by atoms with Gasteiger partial charge in [-0.25, -0.2) is 14.6 Å². The minimum absolute atomic E-state index is 0.299. The summed E-state index contributed by atoms with van der Waals surface area (Å²) in [4.78, 5) is 27.3. The molecule has 0 atom stereocenters. The minimum atomic E-state index is -0.518. The first-order valence-corrected chi connectivity index (χ1v) is 8.26. The lowest BCUT2D eigenvalue weighted by atomic mass is 10.1. The number of hydrogen-bond acceptors (Lipinski definition) is 6. The van der Waals surface area contributed by atoms with E-state index in [9.17, 15) is 9.59 Å². The van der Waals surface area contributed by atoms with Crippen LogP contribution in [0.1, 0.15) is 36.8 Å². The van der Waals surface area contributed by atoms with Crippen molar-refractivity contribution in [3.05, 3.63) is 40.9 Å². The van der Waals surface area contributed by atoms with Gasteiger partial charge >= 0.3 is 12.1 Å². The number of methoxy groups -OCH3 is 1. The van der Waals surface area contributed by atoms with Crippen molar-refractivity contribution in [1.29, 1.82) is 0 Å². The molecule has 24 heavy (non-hydrogen) atoms. The molecule has 2 aromatic rings. The number of benzene rings is 1. The van der Waals surface area contributed by atoms with Crippen molar-refractivity contribution >= 4 is 23.4 Å². The molecule has 0 unspecified atom stereocenters. The normalized spacial score (nSPS) is 11.0. The van der Waals surface area contributed by atoms with Gasteiger partial charge in [0.1, 0.15) is 10.6 Å². The monoisotopic (exact) mass is 348 g/mol. The van der Waals surface area contributed by atoms with Gasteiger partial charge in [0.25, 0.3) is 0 Å². The maximum Gasteiger partial charge on any atom is 0.407 e. The predicted octanol–water partition coefficient (Wildman–Crippen LogP) is 3.62. The highest BCUT2D eigenvalue weighted by Gasteiger charge is 2.16. The van der Waals surface area contributed by atoms with Crippen LogP contribution in [0.25, 0.3) is 10.6 Å². The lowest BCUT2D eigenvalue weighted by Crippen LogP contribution is -2.32. The second kappa shape index (κ2) is 7.44. The highest BCUT2D eigenvalue weighted by molar-refractivity contribution is 7.13. The fourth-order valence-electron chi connectivity index (χ4n) is 1.86. The van der Waals surface area contributed by atoms with Crippen LogP contribution in [0, 0.1) is 0 Å². The van der Waals surface area contributed by atoms with Gasteiger partial charge < -0.3 is 14.8 Å². The van der Waals surface area contributed by atoms with E-state index < -0.39 is 17.7 Å². The van der Waals surface area contributed by atoms with E-state index in [2.05, 4.69) is 15.0 Å². The average Bonchev–Trinajstić information content (AvgIpc) is 3.01. The van der Waals surface area contributed by atoms with E-state index in [0.717, 1.165) is 16.1 Å². The van der Waals surface area contributed by atoms with Gasteiger partial charge in [-0.15, -0.1) is 11.3 Å². The Hall–Kier alpha value is -2.41.